The van der Waals surface area contributed by atoms with Crippen LogP contribution in [0.15, 0.2) is 81.2 Å². The maximum Gasteiger partial charge on any atom is 0.336 e. The van der Waals surface area contributed by atoms with Gasteiger partial charge in [-0.25, -0.2) is 14.6 Å². The number of hydrogen-bond donors (Lipinski definition) is 2. The van der Waals surface area contributed by atoms with E-state index in [1.54, 1.807) is 52.9 Å². The third-order valence-corrected chi connectivity index (χ3v) is 14.0. The number of esters is 1. The minimum absolute atomic E-state index is 0.0468. The standard InChI is InChI=1S/C38H40N4O6S2/c1-5-20(2)36(45)48-37(3)11-10-22-19-49-50-30-8-7-27(40-4)26-18-42(35(26)30)32(43)13-24-17-41-31(39)14-25(24)34(22)38(37)16-23-12-21-6-9-33(44)46-28(21)15-29(23)47-38/h5-10,12,14-15,17,26-27,30,34-35,40H,11,13,16,18-19H2,1-4H3,(H2,39,41)/b20-5+/t26-,27+,30-,34+,35-,37-,38-/m1/s1. The maximum absolute atomic E-state index is 14.2. The van der Waals surface area contributed by atoms with Gasteiger partial charge in [-0.3, -0.25) is 4.79 Å². The summed E-state index contributed by atoms with van der Waals surface area (Å²) in [4.78, 5) is 46.5. The third kappa shape index (κ3) is 5.21. The Hall–Kier alpha value is -4.00. The normalized spacial score (nSPS) is 31.6. The van der Waals surface area contributed by atoms with Gasteiger partial charge in [-0.15, -0.1) is 0 Å². The molecule has 1 spiro atoms. The second-order valence-corrected chi connectivity index (χ2v) is 16.7. The largest absolute Gasteiger partial charge is 0.481 e. The Balaban J connectivity index is 1.30. The number of amides is 1. The van der Waals surface area contributed by atoms with Crippen LogP contribution in [0.4, 0.5) is 5.82 Å². The summed E-state index contributed by atoms with van der Waals surface area (Å²) in [5, 5.41) is 4.34. The summed E-state index contributed by atoms with van der Waals surface area (Å²) in [5.74, 6) is 1.08. The first kappa shape index (κ1) is 33.2. The molecule has 5 aliphatic rings. The average molecular weight is 713 g/mol. The highest BCUT2D eigenvalue weighted by Crippen LogP contribution is 2.58. The lowest BCUT2D eigenvalue weighted by molar-refractivity contribution is -0.183. The summed E-state index contributed by atoms with van der Waals surface area (Å²) < 4.78 is 19.3. The molecule has 0 radical (unpaired) electrons. The van der Waals surface area contributed by atoms with Gasteiger partial charge in [0.1, 0.15) is 17.2 Å². The number of nitrogens with one attached hydrogen (secondary N) is 1. The van der Waals surface area contributed by atoms with Crippen molar-refractivity contribution in [3.63, 3.8) is 0 Å². The van der Waals surface area contributed by atoms with Gasteiger partial charge < -0.3 is 29.8 Å². The molecule has 260 valence electrons. The van der Waals surface area contributed by atoms with Crippen molar-refractivity contribution in [2.24, 2.45) is 5.92 Å². The van der Waals surface area contributed by atoms with Gasteiger partial charge in [0.15, 0.2) is 11.2 Å². The van der Waals surface area contributed by atoms with E-state index < -0.39 is 28.7 Å². The molecular weight excluding hydrogens is 673 g/mol. The molecule has 1 aromatic carbocycles. The Bertz CT molecular complexity index is 2080. The second-order valence-electron chi connectivity index (χ2n) is 14.1. The summed E-state index contributed by atoms with van der Waals surface area (Å²) in [7, 11) is 5.55. The van der Waals surface area contributed by atoms with Crippen LogP contribution in [-0.4, -0.2) is 69.6 Å². The molecular formula is C38H40N4O6S2. The van der Waals surface area contributed by atoms with E-state index >= 15 is 0 Å². The Labute approximate surface area is 298 Å². The van der Waals surface area contributed by atoms with Crippen molar-refractivity contribution < 1.29 is 23.5 Å². The molecule has 3 aromatic rings. The van der Waals surface area contributed by atoms with Crippen molar-refractivity contribution in [1.82, 2.24) is 15.2 Å². The molecule has 1 amide bonds. The number of anilines is 1. The average Bonchev–Trinajstić information content (AvgIpc) is 3.45. The zero-order chi connectivity index (χ0) is 34.9. The van der Waals surface area contributed by atoms with Crippen LogP contribution in [-0.2, 0) is 27.2 Å². The van der Waals surface area contributed by atoms with Gasteiger partial charge in [-0.2, -0.15) is 0 Å². The van der Waals surface area contributed by atoms with E-state index in [1.807, 2.05) is 37.9 Å². The van der Waals surface area contributed by atoms with Crippen molar-refractivity contribution >= 4 is 50.3 Å². The summed E-state index contributed by atoms with van der Waals surface area (Å²) >= 11 is 0. The molecule has 2 aliphatic carbocycles. The number of aromatic nitrogens is 1. The molecule has 2 aromatic heterocycles. The molecule has 1 saturated heterocycles. The van der Waals surface area contributed by atoms with Crippen molar-refractivity contribution in [2.75, 3.05) is 25.1 Å². The minimum Gasteiger partial charge on any atom is -0.481 e. The van der Waals surface area contributed by atoms with Gasteiger partial charge in [0.2, 0.25) is 5.91 Å². The fraction of sp³-hybridized carbons (Fsp3) is 0.421. The molecule has 3 N–H and O–H groups in total. The Morgan fingerprint density at radius 1 is 1.20 bits per heavy atom. The van der Waals surface area contributed by atoms with Crippen molar-refractivity contribution in [1.29, 1.82) is 0 Å². The first-order chi connectivity index (χ1) is 24.0. The zero-order valence-electron chi connectivity index (χ0n) is 28.4. The van der Waals surface area contributed by atoms with Gasteiger partial charge in [-0.05, 0) is 62.7 Å². The number of benzene rings is 1. The molecule has 5 heterocycles. The highest BCUT2D eigenvalue weighted by molar-refractivity contribution is 8.77. The summed E-state index contributed by atoms with van der Waals surface area (Å²) in [6.45, 7) is 6.18. The molecule has 12 heteroatoms. The molecule has 0 unspecified atom stereocenters. The van der Waals surface area contributed by atoms with Gasteiger partial charge in [0.05, 0.1) is 23.6 Å². The molecule has 0 saturated carbocycles. The van der Waals surface area contributed by atoms with Crippen molar-refractivity contribution in [2.45, 2.75) is 74.5 Å². The van der Waals surface area contributed by atoms with Gasteiger partial charge in [0.25, 0.3) is 0 Å². The highest BCUT2D eigenvalue weighted by Gasteiger charge is 2.64. The lowest BCUT2D eigenvalue weighted by Gasteiger charge is -2.55. The first-order valence-corrected chi connectivity index (χ1v) is 19.4. The number of carbonyl (C=O) groups is 2. The number of carbonyl (C=O) groups excluding carboxylic acids is 2. The SMILES string of the molecule is C/C=C(\C)C(=O)O[C@]1(C)CC=C2CSS[C@@H]3C=C[C@H](NC)[C@H]4CN(C(=O)Cc5cnc(N)cc5[C@H]2[C@]12Cc1cc5ccc(=O)oc5cc1O2)[C@H]43. The fourth-order valence-electron chi connectivity index (χ4n) is 8.52. The number of pyridine rings is 1. The number of nitrogens with zero attached hydrogens (tertiary/aromatic N) is 2. The molecule has 50 heavy (non-hydrogen) atoms. The number of ether oxygens (including phenoxy) is 2. The van der Waals surface area contributed by atoms with Crippen LogP contribution in [0.3, 0.4) is 0 Å². The van der Waals surface area contributed by atoms with E-state index in [0.29, 0.717) is 53.8 Å². The van der Waals surface area contributed by atoms with E-state index in [-0.39, 0.29) is 29.7 Å². The topological polar surface area (TPSA) is 137 Å². The predicted octanol–water partition coefficient (Wildman–Crippen LogP) is 5.12. The Kier molecular flexibility index (Phi) is 8.19. The summed E-state index contributed by atoms with van der Waals surface area (Å²) in [5.41, 5.74) is 8.23. The van der Waals surface area contributed by atoms with Gasteiger partial charge >= 0.3 is 11.6 Å². The lowest BCUT2D eigenvalue weighted by atomic mass is 9.61. The number of fused-ring (bicyclic) bond motifs is 6. The second kappa shape index (κ2) is 12.3. The Morgan fingerprint density at radius 3 is 2.84 bits per heavy atom. The van der Waals surface area contributed by atoms with E-state index in [0.717, 1.165) is 27.6 Å². The number of hydrogen-bond acceptors (Lipinski definition) is 11. The highest BCUT2D eigenvalue weighted by atomic mass is 33.1. The first-order valence-electron chi connectivity index (χ1n) is 17.0. The third-order valence-electron chi connectivity index (χ3n) is 11.4. The number of likely N-dealkylation sites (N-methyl/N-ethyl adjacent to an activating group) is 1. The monoisotopic (exact) mass is 712 g/mol. The summed E-state index contributed by atoms with van der Waals surface area (Å²) in [6.07, 6.45) is 11.1. The lowest BCUT2D eigenvalue weighted by Crippen LogP contribution is -2.68. The quantitative estimate of drug-likeness (QED) is 0.123. The molecule has 1 fully saturated rings. The van der Waals surface area contributed by atoms with Crippen LogP contribution in [0.1, 0.15) is 49.8 Å². The fourth-order valence-corrected chi connectivity index (χ4v) is 11.4. The van der Waals surface area contributed by atoms with Crippen LogP contribution in [0.2, 0.25) is 0 Å². The summed E-state index contributed by atoms with van der Waals surface area (Å²) in [6, 6.07) is 9.10. The van der Waals surface area contributed by atoms with E-state index in [4.69, 9.17) is 19.6 Å². The molecule has 8 rings (SSSR count). The minimum atomic E-state index is -1.15. The zero-order valence-corrected chi connectivity index (χ0v) is 30.1. The number of allylic oxidation sites excluding steroid dienone is 1. The predicted molar refractivity (Wildman–Crippen MR) is 196 cm³/mol. The van der Waals surface area contributed by atoms with Crippen molar-refractivity contribution in [3.8, 4) is 5.75 Å². The molecule has 7 atom stereocenters. The van der Waals surface area contributed by atoms with Crippen LogP contribution in [0, 0.1) is 5.92 Å². The van der Waals surface area contributed by atoms with E-state index in [9.17, 15) is 14.4 Å². The molecule has 3 aliphatic heterocycles. The van der Waals surface area contributed by atoms with E-state index in [1.165, 1.54) is 6.07 Å². The molecule has 10 nitrogen and oxygen atoms in total. The number of rotatable bonds is 3. The number of nitrogens with two attached hydrogens (primary N) is 1. The molecule has 0 bridgehead atoms. The Morgan fingerprint density at radius 2 is 2.04 bits per heavy atom. The smallest absolute Gasteiger partial charge is 0.336 e. The van der Waals surface area contributed by atoms with Crippen molar-refractivity contribution in [3.05, 3.63) is 99.1 Å². The van der Waals surface area contributed by atoms with E-state index in [2.05, 4.69) is 28.5 Å². The maximum atomic E-state index is 14.2. The van der Waals surface area contributed by atoms with Crippen LogP contribution < -0.4 is 21.4 Å². The van der Waals surface area contributed by atoms with Gasteiger partial charge in [-0.1, -0.05) is 51.5 Å². The van der Waals surface area contributed by atoms with Crippen LogP contribution in [0.5, 0.6) is 5.75 Å². The van der Waals surface area contributed by atoms with Crippen LogP contribution in [0.25, 0.3) is 11.0 Å². The number of nitrogen functional groups attached to an aromatic ring is 1. The van der Waals surface area contributed by atoms with Gasteiger partial charge in [0, 0.05) is 66.4 Å². The van der Waals surface area contributed by atoms with Crippen LogP contribution >= 0.6 is 21.6 Å².